The molecule has 1 heterocycles. The van der Waals surface area contributed by atoms with Crippen molar-refractivity contribution in [1.29, 1.82) is 0 Å². The van der Waals surface area contributed by atoms with Crippen molar-refractivity contribution >= 4 is 27.5 Å². The van der Waals surface area contributed by atoms with E-state index in [0.717, 1.165) is 15.7 Å². The zero-order chi connectivity index (χ0) is 10.3. The number of anilines is 1. The number of amides is 1. The maximum atomic E-state index is 11.7. The van der Waals surface area contributed by atoms with E-state index in [9.17, 15) is 4.79 Å². The summed E-state index contributed by atoms with van der Waals surface area (Å²) in [5.74, 6) is 0.202. The van der Waals surface area contributed by atoms with Crippen LogP contribution in [0.1, 0.15) is 19.4 Å². The summed E-state index contributed by atoms with van der Waals surface area (Å²) in [4.78, 5) is 13.6. The molecule has 0 saturated carbocycles. The van der Waals surface area contributed by atoms with Crippen LogP contribution in [0.25, 0.3) is 0 Å². The van der Waals surface area contributed by atoms with Crippen molar-refractivity contribution in [2.45, 2.75) is 26.3 Å². The van der Waals surface area contributed by atoms with Crippen molar-refractivity contribution in [3.63, 3.8) is 0 Å². The van der Waals surface area contributed by atoms with Crippen LogP contribution in [0, 0.1) is 0 Å². The summed E-state index contributed by atoms with van der Waals surface area (Å²) in [6.45, 7) is 4.07. The number of carbonyl (C=O) groups excluding carboxylic acids is 1. The predicted molar refractivity (Wildman–Crippen MR) is 60.5 cm³/mol. The molecule has 1 aromatic carbocycles. The lowest BCUT2D eigenvalue weighted by molar-refractivity contribution is -0.117. The monoisotopic (exact) mass is 253 g/mol. The fourth-order valence-electron chi connectivity index (χ4n) is 1.86. The van der Waals surface area contributed by atoms with Crippen LogP contribution in [0.4, 0.5) is 5.69 Å². The Balaban J connectivity index is 2.50. The molecule has 0 radical (unpaired) electrons. The van der Waals surface area contributed by atoms with Gasteiger partial charge in [-0.2, -0.15) is 0 Å². The molecule has 0 unspecified atom stereocenters. The molecule has 0 aliphatic carbocycles. The number of benzene rings is 1. The van der Waals surface area contributed by atoms with Crippen molar-refractivity contribution in [1.82, 2.24) is 0 Å². The number of rotatable bonds is 1. The Labute approximate surface area is 92.0 Å². The third-order valence-corrected chi connectivity index (χ3v) is 2.93. The fraction of sp³-hybridized carbons (Fsp3) is 0.364. The van der Waals surface area contributed by atoms with Gasteiger partial charge in [0.05, 0.1) is 6.42 Å². The third kappa shape index (κ3) is 1.46. The van der Waals surface area contributed by atoms with Gasteiger partial charge in [0.25, 0.3) is 0 Å². The van der Waals surface area contributed by atoms with Crippen molar-refractivity contribution in [3.8, 4) is 0 Å². The molecule has 2 rings (SSSR count). The van der Waals surface area contributed by atoms with Gasteiger partial charge in [-0.05, 0) is 31.5 Å². The van der Waals surface area contributed by atoms with Gasteiger partial charge in [0.15, 0.2) is 0 Å². The molecule has 74 valence electrons. The molecule has 0 N–H and O–H groups in total. The maximum absolute atomic E-state index is 11.7. The molecular weight excluding hydrogens is 242 g/mol. The zero-order valence-electron chi connectivity index (χ0n) is 8.25. The summed E-state index contributed by atoms with van der Waals surface area (Å²) in [6.07, 6.45) is 0.542. The minimum absolute atomic E-state index is 0.202. The highest BCUT2D eigenvalue weighted by Gasteiger charge is 2.28. The highest BCUT2D eigenvalue weighted by molar-refractivity contribution is 9.10. The predicted octanol–water partition coefficient (Wildman–Crippen LogP) is 2.75. The Morgan fingerprint density at radius 1 is 1.43 bits per heavy atom. The Hall–Kier alpha value is -0.830. The molecule has 1 amide bonds. The first-order valence-electron chi connectivity index (χ1n) is 4.70. The Morgan fingerprint density at radius 2 is 2.14 bits per heavy atom. The number of hydrogen-bond acceptors (Lipinski definition) is 1. The minimum atomic E-state index is 0.202. The van der Waals surface area contributed by atoms with Gasteiger partial charge >= 0.3 is 0 Å². The summed E-state index contributed by atoms with van der Waals surface area (Å²) in [6, 6.07) is 6.24. The number of fused-ring (bicyclic) bond motifs is 1. The smallest absolute Gasteiger partial charge is 0.231 e. The number of hydrogen-bond donors (Lipinski definition) is 0. The zero-order valence-corrected chi connectivity index (χ0v) is 9.84. The standard InChI is InChI=1S/C11H12BrNO/c1-7(2)13-10-6-9(12)4-3-8(10)5-11(13)14/h3-4,6-7H,5H2,1-2H3. The van der Waals surface area contributed by atoms with Gasteiger partial charge in [0, 0.05) is 16.2 Å². The number of carbonyl (C=O) groups is 1. The Bertz CT molecular complexity index is 387. The molecule has 0 atom stereocenters. The minimum Gasteiger partial charge on any atom is -0.309 e. The summed E-state index contributed by atoms with van der Waals surface area (Å²) in [5, 5.41) is 0. The maximum Gasteiger partial charge on any atom is 0.231 e. The van der Waals surface area contributed by atoms with Crippen LogP contribution in [-0.4, -0.2) is 11.9 Å². The van der Waals surface area contributed by atoms with E-state index in [0.29, 0.717) is 6.42 Å². The van der Waals surface area contributed by atoms with E-state index >= 15 is 0 Å². The second kappa shape index (κ2) is 3.39. The number of halogens is 1. The van der Waals surface area contributed by atoms with Gasteiger partial charge in [0.1, 0.15) is 0 Å². The van der Waals surface area contributed by atoms with E-state index < -0.39 is 0 Å². The Kier molecular flexibility index (Phi) is 2.35. The summed E-state index contributed by atoms with van der Waals surface area (Å²) >= 11 is 3.42. The van der Waals surface area contributed by atoms with E-state index in [-0.39, 0.29) is 11.9 Å². The van der Waals surface area contributed by atoms with Gasteiger partial charge in [-0.25, -0.2) is 0 Å². The normalized spacial score (nSPS) is 15.1. The van der Waals surface area contributed by atoms with Gasteiger partial charge in [-0.15, -0.1) is 0 Å². The third-order valence-electron chi connectivity index (χ3n) is 2.43. The lowest BCUT2D eigenvalue weighted by Gasteiger charge is -2.21. The van der Waals surface area contributed by atoms with Crippen LogP contribution in [0.15, 0.2) is 22.7 Å². The van der Waals surface area contributed by atoms with Gasteiger partial charge in [0.2, 0.25) is 5.91 Å². The van der Waals surface area contributed by atoms with Crippen molar-refractivity contribution < 1.29 is 4.79 Å². The van der Waals surface area contributed by atoms with Crippen LogP contribution in [0.3, 0.4) is 0 Å². The molecule has 14 heavy (non-hydrogen) atoms. The van der Waals surface area contributed by atoms with E-state index in [2.05, 4.69) is 15.9 Å². The van der Waals surface area contributed by atoms with Crippen LogP contribution in [0.2, 0.25) is 0 Å². The van der Waals surface area contributed by atoms with E-state index in [1.807, 2.05) is 36.9 Å². The van der Waals surface area contributed by atoms with Crippen LogP contribution < -0.4 is 4.90 Å². The van der Waals surface area contributed by atoms with Crippen molar-refractivity contribution in [3.05, 3.63) is 28.2 Å². The highest BCUT2D eigenvalue weighted by Crippen LogP contribution is 2.32. The molecule has 3 heteroatoms. The summed E-state index contributed by atoms with van der Waals surface area (Å²) < 4.78 is 1.02. The largest absolute Gasteiger partial charge is 0.309 e. The quantitative estimate of drug-likeness (QED) is 0.754. The molecule has 0 bridgehead atoms. The first-order chi connectivity index (χ1) is 6.59. The molecule has 2 nitrogen and oxygen atoms in total. The topological polar surface area (TPSA) is 20.3 Å². The summed E-state index contributed by atoms with van der Waals surface area (Å²) in [5.41, 5.74) is 2.19. The van der Waals surface area contributed by atoms with Crippen molar-refractivity contribution in [2.24, 2.45) is 0 Å². The average Bonchev–Trinajstić information content (AvgIpc) is 2.40. The molecular formula is C11H12BrNO. The van der Waals surface area contributed by atoms with Crippen LogP contribution >= 0.6 is 15.9 Å². The SMILES string of the molecule is CC(C)N1C(=O)Cc2ccc(Br)cc21. The second-order valence-corrected chi connectivity index (χ2v) is 4.72. The van der Waals surface area contributed by atoms with Gasteiger partial charge in [-0.1, -0.05) is 22.0 Å². The average molecular weight is 254 g/mol. The lowest BCUT2D eigenvalue weighted by Crippen LogP contribution is -2.33. The molecule has 0 spiro atoms. The lowest BCUT2D eigenvalue weighted by atomic mass is 10.2. The molecule has 0 fully saturated rings. The Morgan fingerprint density at radius 3 is 2.79 bits per heavy atom. The van der Waals surface area contributed by atoms with Crippen LogP contribution in [0.5, 0.6) is 0 Å². The van der Waals surface area contributed by atoms with Crippen molar-refractivity contribution in [2.75, 3.05) is 4.90 Å². The molecule has 1 aliphatic heterocycles. The van der Waals surface area contributed by atoms with Gasteiger partial charge < -0.3 is 4.90 Å². The van der Waals surface area contributed by atoms with Gasteiger partial charge in [-0.3, -0.25) is 4.79 Å². The summed E-state index contributed by atoms with van der Waals surface area (Å²) in [7, 11) is 0. The van der Waals surface area contributed by atoms with Crippen LogP contribution in [-0.2, 0) is 11.2 Å². The van der Waals surface area contributed by atoms with E-state index in [1.54, 1.807) is 0 Å². The molecule has 1 aliphatic rings. The fourth-order valence-corrected chi connectivity index (χ4v) is 2.21. The van der Waals surface area contributed by atoms with E-state index in [1.165, 1.54) is 0 Å². The first-order valence-corrected chi connectivity index (χ1v) is 5.49. The molecule has 0 saturated heterocycles. The molecule has 0 aromatic heterocycles. The number of nitrogens with zero attached hydrogens (tertiary/aromatic N) is 1. The highest BCUT2D eigenvalue weighted by atomic mass is 79.9. The molecule has 1 aromatic rings. The second-order valence-electron chi connectivity index (χ2n) is 3.81. The van der Waals surface area contributed by atoms with E-state index in [4.69, 9.17) is 0 Å². The first kappa shape index (κ1) is 9.71.